The van der Waals surface area contributed by atoms with Crippen LogP contribution in [0.2, 0.25) is 0 Å². The van der Waals surface area contributed by atoms with Crippen LogP contribution in [-0.4, -0.2) is 24.2 Å². The summed E-state index contributed by atoms with van der Waals surface area (Å²) in [7, 11) is 1.98. The molecule has 0 bridgehead atoms. The topological polar surface area (TPSA) is 51.4 Å². The number of allylic oxidation sites excluding steroid dienone is 7. The molecule has 0 spiro atoms. The number of nitrogens with one attached hydrogen (secondary N) is 2. The maximum atomic E-state index is 8.46. The number of nitrogens with zero attached hydrogens (tertiary/aromatic N) is 2. The van der Waals surface area contributed by atoms with E-state index in [1.165, 1.54) is 37.7 Å². The van der Waals surface area contributed by atoms with Crippen molar-refractivity contribution in [2.75, 3.05) is 7.05 Å². The number of likely N-dealkylation sites (N-methyl/N-ethyl adjacent to an activating group) is 1. The Balaban J connectivity index is 0.000000797. The molecule has 0 aromatic heterocycles. The normalized spacial score (nSPS) is 21.6. The van der Waals surface area contributed by atoms with Gasteiger partial charge in [0.2, 0.25) is 0 Å². The van der Waals surface area contributed by atoms with Gasteiger partial charge < -0.3 is 16.0 Å². The molecule has 208 valence electrons. The molecule has 5 heteroatoms. The largest absolute Gasteiger partial charge is 0.698 e. The molecule has 2 aliphatic heterocycles. The van der Waals surface area contributed by atoms with E-state index in [0.717, 1.165) is 58.8 Å². The second kappa shape index (κ2) is 16.3. The first kappa shape index (κ1) is 32.4. The van der Waals surface area contributed by atoms with Gasteiger partial charge in [-0.25, -0.2) is 0 Å². The van der Waals surface area contributed by atoms with Crippen LogP contribution in [0.15, 0.2) is 102 Å². The minimum absolute atomic E-state index is 0. The van der Waals surface area contributed by atoms with E-state index in [2.05, 4.69) is 74.3 Å². The van der Waals surface area contributed by atoms with Crippen LogP contribution in [0, 0.1) is 0 Å². The van der Waals surface area contributed by atoms with Crippen molar-refractivity contribution in [1.82, 2.24) is 10.2 Å². The van der Waals surface area contributed by atoms with E-state index in [0.29, 0.717) is 12.1 Å². The van der Waals surface area contributed by atoms with Gasteiger partial charge in [-0.3, -0.25) is 4.99 Å². The molecule has 1 saturated carbocycles. The van der Waals surface area contributed by atoms with Gasteiger partial charge in [-0.05, 0) is 62.8 Å². The Bertz CT molecular complexity index is 1170. The zero-order chi connectivity index (χ0) is 27.5. The molecule has 0 saturated heterocycles. The van der Waals surface area contributed by atoms with Gasteiger partial charge in [-0.2, -0.15) is 0 Å². The zero-order valence-electron chi connectivity index (χ0n) is 24.1. The van der Waals surface area contributed by atoms with E-state index in [4.69, 9.17) is 5.73 Å². The molecule has 1 aliphatic carbocycles. The standard InChI is InChI=1S/C29H35N4.C5H10.W/c1-20-10-12-25(13-11-21(2)33(6)22(3)17-20)18-27-19-26(14-15-28(27)30)23(4)32-24(5)29-9-7-8-16-31-29;1-2-4-5-3-1;/h9,11-17,19,24,30,32H,2-4,7-8,10,18H2,1,5-6H3;1-5H2;/q-1;;/b13-11-,20-17-,25-12+;;. The Kier molecular flexibility index (Phi) is 13.5. The molecule has 39 heavy (non-hydrogen) atoms. The minimum Gasteiger partial charge on any atom is -0.698 e. The molecule has 2 heterocycles. The molecule has 0 radical (unpaired) electrons. The van der Waals surface area contributed by atoms with Crippen LogP contribution in [0.1, 0.15) is 76.3 Å². The van der Waals surface area contributed by atoms with Crippen LogP contribution in [0.3, 0.4) is 0 Å². The summed E-state index contributed by atoms with van der Waals surface area (Å²) in [5, 5.41) is 3.47. The Labute approximate surface area is 251 Å². The quantitative estimate of drug-likeness (QED) is 0.323. The summed E-state index contributed by atoms with van der Waals surface area (Å²) in [5.41, 5.74) is 17.0. The van der Waals surface area contributed by atoms with E-state index < -0.39 is 0 Å². The van der Waals surface area contributed by atoms with Gasteiger partial charge in [0.25, 0.3) is 0 Å². The summed E-state index contributed by atoms with van der Waals surface area (Å²) < 4.78 is 0. The summed E-state index contributed by atoms with van der Waals surface area (Å²) >= 11 is 0. The molecule has 4 nitrogen and oxygen atoms in total. The average molecular weight is 694 g/mol. The van der Waals surface area contributed by atoms with Gasteiger partial charge >= 0.3 is 0 Å². The summed E-state index contributed by atoms with van der Waals surface area (Å²) in [6.45, 7) is 16.7. The number of hydrogen-bond acceptors (Lipinski definition) is 3. The van der Waals surface area contributed by atoms with Gasteiger partial charge in [0.1, 0.15) is 0 Å². The molecule has 1 atom stereocenters. The van der Waals surface area contributed by atoms with Gasteiger partial charge in [-0.15, -0.1) is 5.69 Å². The van der Waals surface area contributed by atoms with E-state index >= 15 is 0 Å². The summed E-state index contributed by atoms with van der Waals surface area (Å²) in [6, 6.07) is 5.97. The second-order valence-electron chi connectivity index (χ2n) is 10.5. The van der Waals surface area contributed by atoms with E-state index in [9.17, 15) is 0 Å². The molecular weight excluding hydrogens is 648 g/mol. The smallest absolute Gasteiger partial charge is 0.0653 e. The van der Waals surface area contributed by atoms with Crippen LogP contribution in [0.4, 0.5) is 5.69 Å². The van der Waals surface area contributed by atoms with Gasteiger partial charge in [0.15, 0.2) is 0 Å². The van der Waals surface area contributed by atoms with Crippen molar-refractivity contribution in [1.29, 1.82) is 0 Å². The predicted molar refractivity (Wildman–Crippen MR) is 166 cm³/mol. The number of aliphatic imine (C=N–C) groups is 1. The van der Waals surface area contributed by atoms with Crippen molar-refractivity contribution in [3.8, 4) is 0 Å². The summed E-state index contributed by atoms with van der Waals surface area (Å²) in [5.74, 6) is 0. The molecule has 4 rings (SSSR count). The second-order valence-corrected chi connectivity index (χ2v) is 10.5. The van der Waals surface area contributed by atoms with Crippen molar-refractivity contribution in [2.24, 2.45) is 4.99 Å². The Morgan fingerprint density at radius 1 is 1.05 bits per heavy atom. The van der Waals surface area contributed by atoms with E-state index in [1.54, 1.807) is 0 Å². The summed E-state index contributed by atoms with van der Waals surface area (Å²) in [6.07, 6.45) is 23.6. The number of benzene rings is 1. The van der Waals surface area contributed by atoms with Crippen LogP contribution < -0.4 is 5.32 Å². The van der Waals surface area contributed by atoms with Crippen molar-refractivity contribution >= 4 is 17.6 Å². The summed E-state index contributed by atoms with van der Waals surface area (Å²) in [4.78, 5) is 6.49. The Hall–Kier alpha value is -2.84. The zero-order valence-corrected chi connectivity index (χ0v) is 27.0. The van der Waals surface area contributed by atoms with Crippen LogP contribution >= 0.6 is 0 Å². The first-order valence-electron chi connectivity index (χ1n) is 13.9. The molecule has 1 aromatic rings. The molecule has 1 fully saturated rings. The van der Waals surface area contributed by atoms with Crippen molar-refractivity contribution < 1.29 is 21.1 Å². The molecule has 3 aliphatic rings. The number of hydrogen-bond donors (Lipinski definition) is 1. The van der Waals surface area contributed by atoms with E-state index in [-0.39, 0.29) is 27.1 Å². The first-order chi connectivity index (χ1) is 18.2. The third kappa shape index (κ3) is 10.3. The SMILES string of the molecule is C1CCCC1.C=C(NC(C)C1=CCCC=N1)c1ccc([NH-])c(CC2=C/C/C(C)=C\C(=C)N(C)C(=C)/C=C\2)c1.[W]. The Morgan fingerprint density at radius 3 is 2.38 bits per heavy atom. The minimum atomic E-state index is 0. The monoisotopic (exact) mass is 693 g/mol. The van der Waals surface area contributed by atoms with Gasteiger partial charge in [0.05, 0.1) is 11.7 Å². The molecule has 0 amide bonds. The third-order valence-electron chi connectivity index (χ3n) is 7.27. The average Bonchev–Trinajstić information content (AvgIpc) is 3.51. The molecule has 1 unspecified atom stereocenters. The Morgan fingerprint density at radius 2 is 1.74 bits per heavy atom. The van der Waals surface area contributed by atoms with Crippen molar-refractivity contribution in [3.05, 3.63) is 113 Å². The van der Waals surface area contributed by atoms with Crippen LogP contribution in [-0.2, 0) is 27.5 Å². The van der Waals surface area contributed by atoms with Crippen LogP contribution in [0.25, 0.3) is 11.4 Å². The fourth-order valence-corrected chi connectivity index (χ4v) is 4.70. The fourth-order valence-electron chi connectivity index (χ4n) is 4.70. The molecule has 2 N–H and O–H groups in total. The number of rotatable bonds is 6. The maximum Gasteiger partial charge on any atom is 0.0653 e. The first-order valence-corrected chi connectivity index (χ1v) is 13.9. The van der Waals surface area contributed by atoms with Gasteiger partial charge in [-0.1, -0.05) is 99.4 Å². The van der Waals surface area contributed by atoms with Crippen LogP contribution in [0.5, 0.6) is 0 Å². The third-order valence-corrected chi connectivity index (χ3v) is 7.27. The van der Waals surface area contributed by atoms with E-state index in [1.807, 2.05) is 36.4 Å². The molecule has 1 aromatic carbocycles. The van der Waals surface area contributed by atoms with Crippen molar-refractivity contribution in [3.63, 3.8) is 0 Å². The van der Waals surface area contributed by atoms with Gasteiger partial charge in [0, 0.05) is 51.4 Å². The molecular formula is C34H45N4W-. The van der Waals surface area contributed by atoms with Crippen molar-refractivity contribution in [2.45, 2.75) is 77.7 Å². The fraction of sp³-hybridized carbons (Fsp3) is 0.382. The maximum absolute atomic E-state index is 8.46. The predicted octanol–water partition coefficient (Wildman–Crippen LogP) is 9.35.